The Hall–Kier alpha value is -1.68. The first-order valence-electron chi connectivity index (χ1n) is 3.96. The molecule has 2 aromatic heterocycles. The fraction of sp³-hybridized carbons (Fsp3) is 0.111. The van der Waals surface area contributed by atoms with Crippen LogP contribution in [0.5, 0.6) is 0 Å². The highest BCUT2D eigenvalue weighted by Gasteiger charge is 2.12. The Kier molecular flexibility index (Phi) is 2.06. The number of nitrogens with zero attached hydrogens (tertiary/aromatic N) is 2. The quantitative estimate of drug-likeness (QED) is 0.712. The first-order valence-corrected chi connectivity index (χ1v) is 3.96. The maximum atomic E-state index is 9.72. The highest BCUT2D eigenvalue weighted by molar-refractivity contribution is 5.13. The second-order valence-electron chi connectivity index (χ2n) is 2.63. The molecular formula is C9H9N3O. The van der Waals surface area contributed by atoms with Crippen molar-refractivity contribution in [2.75, 3.05) is 0 Å². The highest BCUT2D eigenvalue weighted by atomic mass is 16.3. The number of aliphatic hydroxyl groups excluding tert-OH is 1. The summed E-state index contributed by atoms with van der Waals surface area (Å²) >= 11 is 0. The Labute approximate surface area is 75.3 Å². The van der Waals surface area contributed by atoms with Gasteiger partial charge in [-0.2, -0.15) is 0 Å². The van der Waals surface area contributed by atoms with E-state index in [4.69, 9.17) is 0 Å². The number of hydrogen-bond donors (Lipinski definition) is 2. The van der Waals surface area contributed by atoms with E-state index in [1.54, 1.807) is 30.7 Å². The number of nitrogens with one attached hydrogen (secondary N) is 1. The van der Waals surface area contributed by atoms with Crippen LogP contribution in [0, 0.1) is 0 Å². The number of imidazole rings is 1. The molecule has 0 fully saturated rings. The second-order valence-corrected chi connectivity index (χ2v) is 2.63. The number of aromatic nitrogens is 3. The summed E-state index contributed by atoms with van der Waals surface area (Å²) < 4.78 is 0. The van der Waals surface area contributed by atoms with Crippen LogP contribution in [0.3, 0.4) is 0 Å². The van der Waals surface area contributed by atoms with Crippen molar-refractivity contribution in [2.24, 2.45) is 0 Å². The minimum absolute atomic E-state index is 0.513. The molecule has 2 heterocycles. The van der Waals surface area contributed by atoms with E-state index in [2.05, 4.69) is 15.0 Å². The lowest BCUT2D eigenvalue weighted by Crippen LogP contribution is -2.03. The maximum Gasteiger partial charge on any atom is 0.153 e. The predicted octanol–water partition coefficient (Wildman–Crippen LogP) is 0.886. The molecule has 4 nitrogen and oxygen atoms in total. The summed E-state index contributed by atoms with van der Waals surface area (Å²) in [6, 6.07) is 5.39. The molecular weight excluding hydrogens is 166 g/mol. The van der Waals surface area contributed by atoms with Crippen molar-refractivity contribution in [1.29, 1.82) is 0 Å². The molecule has 4 heteroatoms. The van der Waals surface area contributed by atoms with E-state index < -0.39 is 6.10 Å². The molecule has 0 aliphatic heterocycles. The van der Waals surface area contributed by atoms with Crippen LogP contribution >= 0.6 is 0 Å². The zero-order valence-electron chi connectivity index (χ0n) is 6.88. The highest BCUT2D eigenvalue weighted by Crippen LogP contribution is 2.14. The summed E-state index contributed by atoms with van der Waals surface area (Å²) in [7, 11) is 0. The SMILES string of the molecule is O[C@H](c1ccccn1)c1ncc[nH]1. The molecule has 0 saturated carbocycles. The van der Waals surface area contributed by atoms with Gasteiger partial charge in [0.2, 0.25) is 0 Å². The largest absolute Gasteiger partial charge is 0.379 e. The van der Waals surface area contributed by atoms with Crippen molar-refractivity contribution in [3.8, 4) is 0 Å². The Balaban J connectivity index is 2.29. The van der Waals surface area contributed by atoms with E-state index in [1.165, 1.54) is 0 Å². The van der Waals surface area contributed by atoms with Gasteiger partial charge in [-0.3, -0.25) is 4.98 Å². The van der Waals surface area contributed by atoms with Crippen molar-refractivity contribution in [1.82, 2.24) is 15.0 Å². The van der Waals surface area contributed by atoms with Gasteiger partial charge in [0.15, 0.2) is 6.10 Å². The van der Waals surface area contributed by atoms with Crippen LogP contribution in [0.15, 0.2) is 36.8 Å². The van der Waals surface area contributed by atoms with E-state index in [-0.39, 0.29) is 0 Å². The average molecular weight is 175 g/mol. The zero-order valence-corrected chi connectivity index (χ0v) is 6.88. The van der Waals surface area contributed by atoms with E-state index in [1.807, 2.05) is 6.07 Å². The number of pyridine rings is 1. The van der Waals surface area contributed by atoms with Crippen molar-refractivity contribution < 1.29 is 5.11 Å². The van der Waals surface area contributed by atoms with Gasteiger partial charge in [-0.25, -0.2) is 4.98 Å². The molecule has 2 N–H and O–H groups in total. The molecule has 13 heavy (non-hydrogen) atoms. The van der Waals surface area contributed by atoms with E-state index in [0.29, 0.717) is 11.5 Å². The summed E-state index contributed by atoms with van der Waals surface area (Å²) in [5.41, 5.74) is 0.595. The lowest BCUT2D eigenvalue weighted by molar-refractivity contribution is 0.206. The third-order valence-electron chi connectivity index (χ3n) is 1.75. The number of aliphatic hydroxyl groups is 1. The molecule has 0 unspecified atom stereocenters. The van der Waals surface area contributed by atoms with Gasteiger partial charge in [-0.1, -0.05) is 6.07 Å². The van der Waals surface area contributed by atoms with Gasteiger partial charge in [0.05, 0.1) is 5.69 Å². The summed E-state index contributed by atoms with van der Waals surface area (Å²) in [4.78, 5) is 10.8. The first kappa shape index (κ1) is 7.94. The summed E-state index contributed by atoms with van der Waals surface area (Å²) in [6.07, 6.45) is 4.14. The lowest BCUT2D eigenvalue weighted by atomic mass is 10.2. The van der Waals surface area contributed by atoms with Crippen molar-refractivity contribution in [2.45, 2.75) is 6.10 Å². The van der Waals surface area contributed by atoms with Crippen LogP contribution in [0.25, 0.3) is 0 Å². The number of hydrogen-bond acceptors (Lipinski definition) is 3. The second kappa shape index (κ2) is 3.37. The maximum absolute atomic E-state index is 9.72. The monoisotopic (exact) mass is 175 g/mol. The van der Waals surface area contributed by atoms with Crippen molar-refractivity contribution in [3.05, 3.63) is 48.3 Å². The molecule has 1 atom stereocenters. The van der Waals surface area contributed by atoms with Crippen LogP contribution in [0.4, 0.5) is 0 Å². The molecule has 0 radical (unpaired) electrons. The Morgan fingerprint density at radius 2 is 2.15 bits per heavy atom. The van der Waals surface area contributed by atoms with Gasteiger partial charge in [-0.15, -0.1) is 0 Å². The van der Waals surface area contributed by atoms with Gasteiger partial charge in [0, 0.05) is 18.6 Å². The van der Waals surface area contributed by atoms with Gasteiger partial charge < -0.3 is 10.1 Å². The third kappa shape index (κ3) is 1.57. The van der Waals surface area contributed by atoms with E-state index in [9.17, 15) is 5.11 Å². The summed E-state index contributed by atoms with van der Waals surface area (Å²) in [5.74, 6) is 0.513. The normalized spacial score (nSPS) is 12.7. The summed E-state index contributed by atoms with van der Waals surface area (Å²) in [5, 5.41) is 9.72. The topological polar surface area (TPSA) is 61.8 Å². The molecule has 0 aromatic carbocycles. The molecule has 2 aromatic rings. The van der Waals surface area contributed by atoms with Crippen LogP contribution in [0.1, 0.15) is 17.6 Å². The van der Waals surface area contributed by atoms with Crippen LogP contribution in [-0.2, 0) is 0 Å². The van der Waals surface area contributed by atoms with Gasteiger partial charge >= 0.3 is 0 Å². The number of aromatic amines is 1. The van der Waals surface area contributed by atoms with Crippen molar-refractivity contribution >= 4 is 0 Å². The number of rotatable bonds is 2. The molecule has 0 bridgehead atoms. The molecule has 0 amide bonds. The van der Waals surface area contributed by atoms with Crippen molar-refractivity contribution in [3.63, 3.8) is 0 Å². The Morgan fingerprint density at radius 1 is 1.23 bits per heavy atom. The fourth-order valence-electron chi connectivity index (χ4n) is 1.10. The summed E-state index contributed by atoms with van der Waals surface area (Å²) in [6.45, 7) is 0. The van der Waals surface area contributed by atoms with Crippen LogP contribution in [0.2, 0.25) is 0 Å². The van der Waals surface area contributed by atoms with Gasteiger partial charge in [0.25, 0.3) is 0 Å². The predicted molar refractivity (Wildman–Crippen MR) is 46.9 cm³/mol. The minimum atomic E-state index is -0.767. The molecule has 0 aliphatic rings. The van der Waals surface area contributed by atoms with Crippen LogP contribution < -0.4 is 0 Å². The Morgan fingerprint density at radius 3 is 2.77 bits per heavy atom. The third-order valence-corrected chi connectivity index (χ3v) is 1.75. The molecule has 66 valence electrons. The molecule has 0 spiro atoms. The standard InChI is InChI=1S/C9H9N3O/c13-8(9-11-5-6-12-9)7-3-1-2-4-10-7/h1-6,8,13H,(H,11,12)/t8-/m1/s1. The fourth-order valence-corrected chi connectivity index (χ4v) is 1.10. The molecule has 0 saturated heterocycles. The average Bonchev–Trinajstić information content (AvgIpc) is 2.71. The van der Waals surface area contributed by atoms with E-state index >= 15 is 0 Å². The molecule has 0 aliphatic carbocycles. The first-order chi connectivity index (χ1) is 6.38. The number of H-pyrrole nitrogens is 1. The smallest absolute Gasteiger partial charge is 0.153 e. The zero-order chi connectivity index (χ0) is 9.10. The van der Waals surface area contributed by atoms with Gasteiger partial charge in [-0.05, 0) is 12.1 Å². The Bertz CT molecular complexity index is 358. The lowest BCUT2D eigenvalue weighted by Gasteiger charge is -2.05. The molecule has 2 rings (SSSR count). The van der Waals surface area contributed by atoms with Crippen LogP contribution in [-0.4, -0.2) is 20.1 Å². The van der Waals surface area contributed by atoms with E-state index in [0.717, 1.165) is 0 Å². The minimum Gasteiger partial charge on any atom is -0.379 e. The van der Waals surface area contributed by atoms with Gasteiger partial charge in [0.1, 0.15) is 5.82 Å².